The van der Waals surface area contributed by atoms with E-state index < -0.39 is 0 Å². The van der Waals surface area contributed by atoms with Gasteiger partial charge in [0.1, 0.15) is 0 Å². The lowest BCUT2D eigenvalue weighted by atomic mass is 10.0. The highest BCUT2D eigenvalue weighted by molar-refractivity contribution is 5.19. The summed E-state index contributed by atoms with van der Waals surface area (Å²) in [6.07, 6.45) is 0. The van der Waals surface area contributed by atoms with Gasteiger partial charge >= 0.3 is 0 Å². The average molecular weight is 165 g/mol. The Bertz CT molecular complexity index is 269. The van der Waals surface area contributed by atoms with Crippen LogP contribution >= 0.6 is 0 Å². The number of nitrogens with zero attached hydrogens (tertiary/aromatic N) is 1. The van der Waals surface area contributed by atoms with Crippen molar-refractivity contribution in [1.82, 2.24) is 0 Å². The Balaban J connectivity index is 3.21. The van der Waals surface area contributed by atoms with Crippen LogP contribution in [0, 0.1) is 19.1 Å². The first-order chi connectivity index (χ1) is 5.52. The third kappa shape index (κ3) is 1.58. The summed E-state index contributed by atoms with van der Waals surface area (Å²) in [5.74, 6) is 0.489. The Kier molecular flexibility index (Phi) is 2.36. The van der Waals surface area contributed by atoms with E-state index in [1.807, 2.05) is 26.0 Å². The molecule has 0 amide bonds. The molecule has 0 spiro atoms. The third-order valence-corrected chi connectivity index (χ3v) is 2.06. The van der Waals surface area contributed by atoms with E-state index >= 15 is 0 Å². The normalized spacial score (nSPS) is 10.8. The fraction of sp³-hybridized carbons (Fsp3) is 0.500. The van der Waals surface area contributed by atoms with E-state index in [-0.39, 0.29) is 0 Å². The Morgan fingerprint density at radius 1 is 1.17 bits per heavy atom. The molecule has 0 aliphatic heterocycles. The number of aryl methyl sites for hydroxylation is 2. The number of hydrogen-bond acceptors (Lipinski definition) is 1. The van der Waals surface area contributed by atoms with Crippen LogP contribution in [0.15, 0.2) is 12.1 Å². The van der Waals surface area contributed by atoms with Crippen LogP contribution in [-0.4, -0.2) is 0 Å². The van der Waals surface area contributed by atoms with Crippen molar-refractivity contribution in [2.24, 2.45) is 0 Å². The molecule has 1 aromatic rings. The fourth-order valence-electron chi connectivity index (χ4n) is 1.25. The molecule has 0 bridgehead atoms. The van der Waals surface area contributed by atoms with E-state index in [1.54, 1.807) is 0 Å². The molecule has 2 nitrogen and oxygen atoms in total. The minimum Gasteiger partial charge on any atom is -0.618 e. The molecule has 1 rings (SSSR count). The molecule has 0 unspecified atom stereocenters. The van der Waals surface area contributed by atoms with Gasteiger partial charge in [0.05, 0.1) is 0 Å². The number of pyridine rings is 1. The van der Waals surface area contributed by atoms with E-state index in [2.05, 4.69) is 13.8 Å². The van der Waals surface area contributed by atoms with Crippen LogP contribution in [0.3, 0.4) is 0 Å². The highest BCUT2D eigenvalue weighted by Crippen LogP contribution is 2.14. The first-order valence-electron chi connectivity index (χ1n) is 4.23. The van der Waals surface area contributed by atoms with Crippen molar-refractivity contribution >= 4 is 0 Å². The molecule has 0 aliphatic rings. The molecule has 0 fully saturated rings. The van der Waals surface area contributed by atoms with Gasteiger partial charge in [0, 0.05) is 26.0 Å². The number of hydrogen-bond donors (Lipinski definition) is 0. The maximum Gasteiger partial charge on any atom is 0.190 e. The molecule has 0 saturated heterocycles. The van der Waals surface area contributed by atoms with Crippen molar-refractivity contribution in [2.75, 3.05) is 0 Å². The van der Waals surface area contributed by atoms with Crippen molar-refractivity contribution < 1.29 is 4.73 Å². The first kappa shape index (κ1) is 9.04. The van der Waals surface area contributed by atoms with Gasteiger partial charge < -0.3 is 5.21 Å². The maximum atomic E-state index is 11.3. The van der Waals surface area contributed by atoms with Gasteiger partial charge in [-0.15, -0.1) is 0 Å². The van der Waals surface area contributed by atoms with Crippen LogP contribution in [-0.2, 0) is 0 Å². The summed E-state index contributed by atoms with van der Waals surface area (Å²) in [7, 11) is 0. The molecule has 0 aliphatic carbocycles. The lowest BCUT2D eigenvalue weighted by Gasteiger charge is -2.09. The summed E-state index contributed by atoms with van der Waals surface area (Å²) < 4.78 is 0.964. The summed E-state index contributed by atoms with van der Waals surface area (Å²) >= 11 is 0. The van der Waals surface area contributed by atoms with Gasteiger partial charge in [0.15, 0.2) is 11.4 Å². The SMILES string of the molecule is Cc1cc(C(C)C)cc(C)[n+]1[O-]. The molecule has 0 radical (unpaired) electrons. The van der Waals surface area contributed by atoms with Gasteiger partial charge in [-0.05, 0) is 11.5 Å². The minimum atomic E-state index is 0.489. The van der Waals surface area contributed by atoms with Gasteiger partial charge in [-0.3, -0.25) is 0 Å². The van der Waals surface area contributed by atoms with Crippen LogP contribution < -0.4 is 4.73 Å². The second-order valence-electron chi connectivity index (χ2n) is 3.52. The Labute approximate surface area is 73.4 Å². The minimum absolute atomic E-state index is 0.489. The van der Waals surface area contributed by atoms with Gasteiger partial charge in [-0.25, -0.2) is 0 Å². The second-order valence-corrected chi connectivity index (χ2v) is 3.52. The zero-order valence-corrected chi connectivity index (χ0v) is 8.09. The molecule has 0 atom stereocenters. The zero-order chi connectivity index (χ0) is 9.30. The number of rotatable bonds is 1. The summed E-state index contributed by atoms with van der Waals surface area (Å²) in [4.78, 5) is 0. The molecule has 0 N–H and O–H groups in total. The van der Waals surface area contributed by atoms with E-state index in [1.165, 1.54) is 5.56 Å². The monoisotopic (exact) mass is 165 g/mol. The van der Waals surface area contributed by atoms with Crippen LogP contribution in [0.5, 0.6) is 0 Å². The quantitative estimate of drug-likeness (QED) is 0.462. The summed E-state index contributed by atoms with van der Waals surface area (Å²) in [5, 5.41) is 11.3. The first-order valence-corrected chi connectivity index (χ1v) is 4.23. The maximum absolute atomic E-state index is 11.3. The summed E-state index contributed by atoms with van der Waals surface area (Å²) in [5.41, 5.74) is 2.79. The van der Waals surface area contributed by atoms with Gasteiger partial charge in [-0.2, -0.15) is 4.73 Å². The van der Waals surface area contributed by atoms with E-state index in [0.717, 1.165) is 16.1 Å². The highest BCUT2D eigenvalue weighted by Gasteiger charge is 2.08. The lowest BCUT2D eigenvalue weighted by Crippen LogP contribution is -2.33. The molecular formula is C10H15NO. The highest BCUT2D eigenvalue weighted by atomic mass is 16.5. The zero-order valence-electron chi connectivity index (χ0n) is 8.09. The molecule has 12 heavy (non-hydrogen) atoms. The molecule has 1 heterocycles. The van der Waals surface area contributed by atoms with Crippen molar-refractivity contribution in [3.63, 3.8) is 0 Å². The van der Waals surface area contributed by atoms with Crippen molar-refractivity contribution in [3.05, 3.63) is 34.3 Å². The molecular weight excluding hydrogens is 150 g/mol. The molecule has 0 saturated carbocycles. The lowest BCUT2D eigenvalue weighted by molar-refractivity contribution is -0.619. The van der Waals surface area contributed by atoms with Gasteiger partial charge in [0.25, 0.3) is 0 Å². The predicted molar refractivity (Wildman–Crippen MR) is 49.0 cm³/mol. The Morgan fingerprint density at radius 3 is 1.92 bits per heavy atom. The van der Waals surface area contributed by atoms with Crippen LogP contribution in [0.1, 0.15) is 36.7 Å². The molecule has 1 aromatic heterocycles. The Morgan fingerprint density at radius 2 is 1.58 bits per heavy atom. The fourth-order valence-corrected chi connectivity index (χ4v) is 1.25. The van der Waals surface area contributed by atoms with E-state index in [9.17, 15) is 5.21 Å². The standard InChI is InChI=1S/C10H15NO/c1-7(2)10-5-8(3)11(12)9(4)6-10/h5-7H,1-4H3. The van der Waals surface area contributed by atoms with Crippen LogP contribution in [0.4, 0.5) is 0 Å². The molecule has 2 heteroatoms. The van der Waals surface area contributed by atoms with Crippen LogP contribution in [0.25, 0.3) is 0 Å². The molecule has 0 aromatic carbocycles. The van der Waals surface area contributed by atoms with Crippen molar-refractivity contribution in [3.8, 4) is 0 Å². The summed E-state index contributed by atoms with van der Waals surface area (Å²) in [6.45, 7) is 7.93. The number of aromatic nitrogens is 1. The van der Waals surface area contributed by atoms with Crippen molar-refractivity contribution in [1.29, 1.82) is 0 Å². The summed E-state index contributed by atoms with van der Waals surface area (Å²) in [6, 6.07) is 3.90. The Hall–Kier alpha value is -1.05. The van der Waals surface area contributed by atoms with Gasteiger partial charge in [-0.1, -0.05) is 13.8 Å². The third-order valence-electron chi connectivity index (χ3n) is 2.06. The van der Waals surface area contributed by atoms with E-state index in [4.69, 9.17) is 0 Å². The topological polar surface area (TPSA) is 26.9 Å². The smallest absolute Gasteiger partial charge is 0.190 e. The van der Waals surface area contributed by atoms with E-state index in [0.29, 0.717) is 5.92 Å². The molecule has 66 valence electrons. The van der Waals surface area contributed by atoms with Gasteiger partial charge in [0.2, 0.25) is 0 Å². The second kappa shape index (κ2) is 3.13. The largest absolute Gasteiger partial charge is 0.618 e. The average Bonchev–Trinajstić information content (AvgIpc) is 1.99. The predicted octanol–water partition coefficient (Wildman–Crippen LogP) is 2.06. The van der Waals surface area contributed by atoms with Crippen molar-refractivity contribution in [2.45, 2.75) is 33.6 Å². The van der Waals surface area contributed by atoms with Crippen LogP contribution in [0.2, 0.25) is 0 Å².